The van der Waals surface area contributed by atoms with Gasteiger partial charge >= 0.3 is 5.69 Å². The second kappa shape index (κ2) is 5.48. The van der Waals surface area contributed by atoms with Gasteiger partial charge in [-0.1, -0.05) is 13.8 Å². The predicted octanol–water partition coefficient (Wildman–Crippen LogP) is 1.67. The molecule has 1 aromatic rings. The normalized spacial score (nSPS) is 19.3. The molecule has 0 amide bonds. The van der Waals surface area contributed by atoms with Gasteiger partial charge in [0.1, 0.15) is 11.4 Å². The van der Waals surface area contributed by atoms with Gasteiger partial charge in [-0.15, -0.1) is 0 Å². The minimum Gasteiger partial charge on any atom is -0.312 e. The summed E-state index contributed by atoms with van der Waals surface area (Å²) in [6.07, 6.45) is 3.55. The third-order valence-electron chi connectivity index (χ3n) is 3.51. The molecule has 2 rings (SSSR count). The minimum atomic E-state index is -0.288. The first-order valence-corrected chi connectivity index (χ1v) is 6.63. The van der Waals surface area contributed by atoms with E-state index in [4.69, 9.17) is 0 Å². The van der Waals surface area contributed by atoms with E-state index in [9.17, 15) is 10.1 Å². The number of nitrogens with zero attached hydrogens (tertiary/aromatic N) is 3. The van der Waals surface area contributed by atoms with E-state index in [1.165, 1.54) is 6.42 Å². The summed E-state index contributed by atoms with van der Waals surface area (Å²) in [6.45, 7) is 5.63. The van der Waals surface area contributed by atoms with Gasteiger partial charge in [0, 0.05) is 6.04 Å². The summed E-state index contributed by atoms with van der Waals surface area (Å²) in [4.78, 5) is 10.9. The maximum absolute atomic E-state index is 11.1. The molecule has 1 N–H and O–H groups in total. The number of aryl methyl sites for hydroxylation is 1. The van der Waals surface area contributed by atoms with Crippen LogP contribution in [-0.4, -0.2) is 27.3 Å². The van der Waals surface area contributed by atoms with E-state index in [-0.39, 0.29) is 10.6 Å². The van der Waals surface area contributed by atoms with Crippen LogP contribution in [0.2, 0.25) is 0 Å². The molecule has 100 valence electrons. The molecule has 2 heterocycles. The molecular weight excluding hydrogens is 232 g/mol. The van der Waals surface area contributed by atoms with Gasteiger partial charge in [0.05, 0.1) is 11.5 Å². The summed E-state index contributed by atoms with van der Waals surface area (Å²) >= 11 is 0. The number of nitrogens with one attached hydrogen (secondary N) is 1. The molecule has 0 aromatic carbocycles. The van der Waals surface area contributed by atoms with Crippen molar-refractivity contribution < 1.29 is 4.92 Å². The summed E-state index contributed by atoms with van der Waals surface area (Å²) in [6, 6.07) is 0.402. The van der Waals surface area contributed by atoms with Crippen molar-refractivity contribution in [2.75, 3.05) is 6.54 Å². The maximum atomic E-state index is 11.1. The molecule has 0 aliphatic carbocycles. The van der Waals surface area contributed by atoms with Gasteiger partial charge in [0.2, 0.25) is 0 Å². The van der Waals surface area contributed by atoms with Crippen LogP contribution in [0, 0.1) is 10.1 Å². The Bertz CT molecular complexity index is 436. The quantitative estimate of drug-likeness (QED) is 0.639. The molecule has 6 heteroatoms. The highest BCUT2D eigenvalue weighted by Gasteiger charge is 2.27. The van der Waals surface area contributed by atoms with E-state index in [0.29, 0.717) is 24.6 Å². The van der Waals surface area contributed by atoms with Crippen molar-refractivity contribution in [1.29, 1.82) is 0 Å². The Kier molecular flexibility index (Phi) is 3.96. The van der Waals surface area contributed by atoms with Crippen LogP contribution in [0.3, 0.4) is 0 Å². The van der Waals surface area contributed by atoms with E-state index < -0.39 is 0 Å². The van der Waals surface area contributed by atoms with E-state index in [1.54, 1.807) is 0 Å². The van der Waals surface area contributed by atoms with Crippen LogP contribution in [0.4, 0.5) is 5.69 Å². The van der Waals surface area contributed by atoms with E-state index in [2.05, 4.69) is 10.4 Å². The summed E-state index contributed by atoms with van der Waals surface area (Å²) in [5, 5.41) is 19.0. The van der Waals surface area contributed by atoms with Gasteiger partial charge < -0.3 is 5.32 Å². The second-order valence-corrected chi connectivity index (χ2v) is 4.68. The Morgan fingerprint density at radius 3 is 2.78 bits per heavy atom. The zero-order valence-corrected chi connectivity index (χ0v) is 11.0. The van der Waals surface area contributed by atoms with Crippen LogP contribution >= 0.6 is 0 Å². The first-order chi connectivity index (χ1) is 8.67. The Morgan fingerprint density at radius 1 is 1.50 bits per heavy atom. The molecule has 0 unspecified atom stereocenters. The van der Waals surface area contributed by atoms with Gasteiger partial charge in [0.25, 0.3) is 0 Å². The fourth-order valence-electron chi connectivity index (χ4n) is 2.61. The summed E-state index contributed by atoms with van der Waals surface area (Å²) in [5.74, 6) is 0. The van der Waals surface area contributed by atoms with E-state index in [0.717, 1.165) is 25.2 Å². The molecule has 6 nitrogen and oxygen atoms in total. The highest BCUT2D eigenvalue weighted by molar-refractivity contribution is 5.41. The lowest BCUT2D eigenvalue weighted by Crippen LogP contribution is -2.28. The van der Waals surface area contributed by atoms with Crippen molar-refractivity contribution in [2.24, 2.45) is 0 Å². The van der Waals surface area contributed by atoms with Gasteiger partial charge in [0.15, 0.2) is 0 Å². The molecule has 0 spiro atoms. The van der Waals surface area contributed by atoms with Crippen molar-refractivity contribution in [3.05, 3.63) is 21.5 Å². The average molecular weight is 252 g/mol. The monoisotopic (exact) mass is 252 g/mol. The molecule has 0 bridgehead atoms. The Hall–Kier alpha value is -1.43. The predicted molar refractivity (Wildman–Crippen MR) is 68.7 cm³/mol. The maximum Gasteiger partial charge on any atom is 0.313 e. The average Bonchev–Trinajstić information content (AvgIpc) is 2.96. The molecule has 1 aliphatic heterocycles. The molecule has 1 saturated heterocycles. The van der Waals surface area contributed by atoms with Crippen LogP contribution < -0.4 is 5.32 Å². The smallest absolute Gasteiger partial charge is 0.312 e. The molecule has 0 saturated carbocycles. The van der Waals surface area contributed by atoms with Gasteiger partial charge in [-0.3, -0.25) is 14.8 Å². The van der Waals surface area contributed by atoms with E-state index in [1.807, 2.05) is 18.5 Å². The number of hydrogen-bond acceptors (Lipinski definition) is 4. The van der Waals surface area contributed by atoms with Crippen molar-refractivity contribution in [2.45, 2.75) is 52.1 Å². The molecular formula is C12H20N4O2. The second-order valence-electron chi connectivity index (χ2n) is 4.68. The molecule has 1 atom stereocenters. The van der Waals surface area contributed by atoms with Crippen LogP contribution in [0.1, 0.15) is 38.1 Å². The summed E-state index contributed by atoms with van der Waals surface area (Å²) in [5.41, 5.74) is 1.58. The third kappa shape index (κ3) is 2.38. The van der Waals surface area contributed by atoms with Gasteiger partial charge in [-0.25, -0.2) is 0 Å². The standard InChI is InChI=1S/C12H20N4O2/c1-3-10-12(16(17)18)11(4-2)15(14-10)8-9-6-5-7-13-9/h9,13H,3-8H2,1-2H3/t9-/m0/s1. The van der Waals surface area contributed by atoms with E-state index >= 15 is 0 Å². The van der Waals surface area contributed by atoms with Crippen LogP contribution in [0.25, 0.3) is 0 Å². The lowest BCUT2D eigenvalue weighted by Gasteiger charge is -2.11. The first kappa shape index (κ1) is 13.0. The number of aromatic nitrogens is 2. The highest BCUT2D eigenvalue weighted by Crippen LogP contribution is 2.25. The minimum absolute atomic E-state index is 0.220. The number of hydrogen-bond donors (Lipinski definition) is 1. The fraction of sp³-hybridized carbons (Fsp3) is 0.750. The summed E-state index contributed by atoms with van der Waals surface area (Å²) in [7, 11) is 0. The van der Waals surface area contributed by atoms with Crippen LogP contribution in [-0.2, 0) is 19.4 Å². The Balaban J connectivity index is 2.31. The van der Waals surface area contributed by atoms with Crippen molar-refractivity contribution in [1.82, 2.24) is 15.1 Å². The fourth-order valence-corrected chi connectivity index (χ4v) is 2.61. The van der Waals surface area contributed by atoms with Crippen molar-refractivity contribution in [3.63, 3.8) is 0 Å². The Morgan fingerprint density at radius 2 is 2.28 bits per heavy atom. The highest BCUT2D eigenvalue weighted by atomic mass is 16.6. The number of rotatable bonds is 5. The topological polar surface area (TPSA) is 73.0 Å². The zero-order chi connectivity index (χ0) is 13.1. The molecule has 1 aliphatic rings. The first-order valence-electron chi connectivity index (χ1n) is 6.63. The largest absolute Gasteiger partial charge is 0.313 e. The summed E-state index contributed by atoms with van der Waals surface area (Å²) < 4.78 is 1.83. The van der Waals surface area contributed by atoms with Crippen LogP contribution in [0.5, 0.6) is 0 Å². The molecule has 1 aromatic heterocycles. The van der Waals surface area contributed by atoms with Crippen LogP contribution in [0.15, 0.2) is 0 Å². The van der Waals surface area contributed by atoms with Crippen molar-refractivity contribution >= 4 is 5.69 Å². The molecule has 0 radical (unpaired) electrons. The Labute approximate surface area is 107 Å². The molecule has 18 heavy (non-hydrogen) atoms. The lowest BCUT2D eigenvalue weighted by molar-refractivity contribution is -0.386. The number of nitro groups is 1. The van der Waals surface area contributed by atoms with Crippen molar-refractivity contribution in [3.8, 4) is 0 Å². The third-order valence-corrected chi connectivity index (χ3v) is 3.51. The van der Waals surface area contributed by atoms with Gasteiger partial charge in [-0.2, -0.15) is 5.10 Å². The van der Waals surface area contributed by atoms with Gasteiger partial charge in [-0.05, 0) is 32.2 Å². The zero-order valence-electron chi connectivity index (χ0n) is 11.0. The SMILES string of the molecule is CCc1nn(C[C@@H]2CCCN2)c(CC)c1[N+](=O)[O-]. The lowest BCUT2D eigenvalue weighted by atomic mass is 10.2. The molecule has 1 fully saturated rings.